The lowest BCUT2D eigenvalue weighted by Crippen LogP contribution is -2.43. The number of rotatable bonds is 7. The van der Waals surface area contributed by atoms with E-state index < -0.39 is 0 Å². The molecule has 0 unspecified atom stereocenters. The highest BCUT2D eigenvalue weighted by Gasteiger charge is 2.42. The molecule has 1 saturated heterocycles. The largest absolute Gasteiger partial charge is 0.494 e. The summed E-state index contributed by atoms with van der Waals surface area (Å²) < 4.78 is 10.9. The van der Waals surface area contributed by atoms with E-state index >= 15 is 0 Å². The van der Waals surface area contributed by atoms with Crippen LogP contribution >= 0.6 is 0 Å². The Kier molecular flexibility index (Phi) is 6.13. The van der Waals surface area contributed by atoms with Crippen LogP contribution in [0.25, 0.3) is 5.57 Å². The van der Waals surface area contributed by atoms with Crippen molar-refractivity contribution in [3.63, 3.8) is 0 Å². The van der Waals surface area contributed by atoms with Crippen LogP contribution in [0.4, 0.5) is 0 Å². The number of piperidine rings is 1. The van der Waals surface area contributed by atoms with Crippen molar-refractivity contribution in [2.24, 2.45) is 0 Å². The third-order valence-corrected chi connectivity index (χ3v) is 6.08. The van der Waals surface area contributed by atoms with Crippen LogP contribution in [-0.4, -0.2) is 66.3 Å². The van der Waals surface area contributed by atoms with Crippen molar-refractivity contribution in [2.45, 2.75) is 32.4 Å². The summed E-state index contributed by atoms with van der Waals surface area (Å²) in [5.41, 5.74) is 1.63. The Morgan fingerprint density at radius 1 is 1.10 bits per heavy atom. The predicted molar refractivity (Wildman–Crippen MR) is 117 cm³/mol. The summed E-state index contributed by atoms with van der Waals surface area (Å²) >= 11 is 0. The van der Waals surface area contributed by atoms with Crippen molar-refractivity contribution in [1.29, 1.82) is 0 Å². The van der Waals surface area contributed by atoms with Crippen molar-refractivity contribution in [3.8, 4) is 5.75 Å². The first kappa shape index (κ1) is 21.2. The van der Waals surface area contributed by atoms with Crippen molar-refractivity contribution in [1.82, 2.24) is 14.7 Å². The Morgan fingerprint density at radius 3 is 2.42 bits per heavy atom. The van der Waals surface area contributed by atoms with Crippen LogP contribution in [0, 0.1) is 0 Å². The molecular weight excluding hydrogens is 394 g/mol. The van der Waals surface area contributed by atoms with Crippen LogP contribution in [0.2, 0.25) is 0 Å². The zero-order valence-electron chi connectivity index (χ0n) is 18.3. The lowest BCUT2D eigenvalue weighted by atomic mass is 10.00. The molecule has 2 aromatic rings. The fourth-order valence-electron chi connectivity index (χ4n) is 4.30. The van der Waals surface area contributed by atoms with Gasteiger partial charge in [0, 0.05) is 13.1 Å². The minimum atomic E-state index is -0.291. The van der Waals surface area contributed by atoms with Crippen LogP contribution in [0.5, 0.6) is 5.75 Å². The van der Waals surface area contributed by atoms with Crippen LogP contribution in [0.15, 0.2) is 52.8 Å². The average Bonchev–Trinajstić information content (AvgIpc) is 3.37. The van der Waals surface area contributed by atoms with Gasteiger partial charge in [-0.2, -0.15) is 0 Å². The number of hydrogen-bond acceptors (Lipinski definition) is 6. The van der Waals surface area contributed by atoms with Gasteiger partial charge >= 0.3 is 0 Å². The quantitative estimate of drug-likeness (QED) is 0.638. The van der Waals surface area contributed by atoms with Gasteiger partial charge in [-0.1, -0.05) is 12.1 Å². The Hall–Kier alpha value is -3.06. The second-order valence-corrected chi connectivity index (χ2v) is 8.10. The van der Waals surface area contributed by atoms with Crippen molar-refractivity contribution >= 4 is 17.4 Å². The van der Waals surface area contributed by atoms with E-state index in [4.69, 9.17) is 9.15 Å². The summed E-state index contributed by atoms with van der Waals surface area (Å²) in [7, 11) is 4.04. The number of carbonyl (C=O) groups is 2. The summed E-state index contributed by atoms with van der Waals surface area (Å²) in [6, 6.07) is 11.1. The first-order chi connectivity index (χ1) is 15.0. The van der Waals surface area contributed by atoms with Crippen molar-refractivity contribution < 1.29 is 18.7 Å². The molecule has 7 nitrogen and oxygen atoms in total. The molecule has 31 heavy (non-hydrogen) atoms. The molecule has 3 heterocycles. The van der Waals surface area contributed by atoms with E-state index in [0.717, 1.165) is 37.2 Å². The van der Waals surface area contributed by atoms with E-state index in [1.165, 1.54) is 4.90 Å². The Labute approximate surface area is 182 Å². The summed E-state index contributed by atoms with van der Waals surface area (Å²) in [4.78, 5) is 32.5. The lowest BCUT2D eigenvalue weighted by Gasteiger charge is -2.36. The monoisotopic (exact) mass is 423 g/mol. The second kappa shape index (κ2) is 8.98. The maximum atomic E-state index is 13.5. The van der Waals surface area contributed by atoms with Gasteiger partial charge in [0.25, 0.3) is 11.8 Å². The predicted octanol–water partition coefficient (Wildman–Crippen LogP) is 2.98. The molecule has 0 spiro atoms. The number of furan rings is 1. The van der Waals surface area contributed by atoms with E-state index in [1.54, 1.807) is 18.4 Å². The molecule has 7 heteroatoms. The molecule has 1 fully saturated rings. The summed E-state index contributed by atoms with van der Waals surface area (Å²) in [5.74, 6) is 0.754. The van der Waals surface area contributed by atoms with Gasteiger partial charge in [0.1, 0.15) is 17.2 Å². The molecule has 1 aromatic heterocycles. The van der Waals surface area contributed by atoms with Crippen LogP contribution < -0.4 is 4.74 Å². The van der Waals surface area contributed by atoms with Gasteiger partial charge in [0.2, 0.25) is 0 Å². The molecule has 164 valence electrons. The van der Waals surface area contributed by atoms with Crippen molar-refractivity contribution in [3.05, 3.63) is 59.7 Å². The molecule has 0 atom stereocenters. The third-order valence-electron chi connectivity index (χ3n) is 6.08. The number of ether oxygens (including phenoxy) is 1. The molecule has 0 bridgehead atoms. The van der Waals surface area contributed by atoms with E-state index in [2.05, 4.69) is 11.9 Å². The van der Waals surface area contributed by atoms with Gasteiger partial charge in [0.15, 0.2) is 0 Å². The number of hydrogen-bond donors (Lipinski definition) is 0. The summed E-state index contributed by atoms with van der Waals surface area (Å²) in [5, 5.41) is 0. The van der Waals surface area contributed by atoms with Gasteiger partial charge in [-0.15, -0.1) is 0 Å². The summed E-state index contributed by atoms with van der Waals surface area (Å²) in [6.07, 6.45) is 3.45. The molecule has 1 aromatic carbocycles. The van der Waals surface area contributed by atoms with Gasteiger partial charge in [-0.25, -0.2) is 0 Å². The first-order valence-electron chi connectivity index (χ1n) is 10.8. The van der Waals surface area contributed by atoms with E-state index in [0.29, 0.717) is 23.6 Å². The number of likely N-dealkylation sites (N-methyl/N-ethyl adjacent to an activating group) is 1. The normalized spacial score (nSPS) is 18.2. The van der Waals surface area contributed by atoms with E-state index in [-0.39, 0.29) is 24.4 Å². The highest BCUT2D eigenvalue weighted by molar-refractivity contribution is 6.35. The molecular formula is C24H29N3O4. The minimum absolute atomic E-state index is 0.121. The minimum Gasteiger partial charge on any atom is -0.494 e. The standard InChI is InChI=1S/C24H29N3O4/c1-4-30-19-9-7-17(8-10-19)21-22(26(3)18-11-13-25(2)14-12-18)24(29)27(23(21)28)16-20-6-5-15-31-20/h5-10,15,18H,4,11-14,16H2,1-3H3. The molecule has 2 aliphatic rings. The topological polar surface area (TPSA) is 66.2 Å². The third kappa shape index (κ3) is 4.23. The molecule has 2 amide bonds. The molecule has 2 aliphatic heterocycles. The number of benzene rings is 1. The van der Waals surface area contributed by atoms with Gasteiger partial charge < -0.3 is 19.0 Å². The maximum Gasteiger partial charge on any atom is 0.278 e. The van der Waals surface area contributed by atoms with Crippen molar-refractivity contribution in [2.75, 3.05) is 33.8 Å². The molecule has 0 N–H and O–H groups in total. The number of imide groups is 1. The van der Waals surface area contributed by atoms with Gasteiger partial charge in [-0.3, -0.25) is 14.5 Å². The Balaban J connectivity index is 1.70. The number of amides is 2. The fourth-order valence-corrected chi connectivity index (χ4v) is 4.30. The number of likely N-dealkylation sites (tertiary alicyclic amines) is 1. The highest BCUT2D eigenvalue weighted by Crippen LogP contribution is 2.35. The Bertz CT molecular complexity index is 957. The molecule has 4 rings (SSSR count). The van der Waals surface area contributed by atoms with E-state index in [1.807, 2.05) is 43.1 Å². The fraction of sp³-hybridized carbons (Fsp3) is 0.417. The van der Waals surface area contributed by atoms with Gasteiger partial charge in [0.05, 0.1) is 25.0 Å². The zero-order chi connectivity index (χ0) is 22.0. The SMILES string of the molecule is CCOc1ccc(C2=C(N(C)C3CCN(C)CC3)C(=O)N(Cc3ccco3)C2=O)cc1. The van der Waals surface area contributed by atoms with E-state index in [9.17, 15) is 9.59 Å². The average molecular weight is 424 g/mol. The molecule has 0 radical (unpaired) electrons. The Morgan fingerprint density at radius 2 is 1.81 bits per heavy atom. The zero-order valence-corrected chi connectivity index (χ0v) is 18.3. The summed E-state index contributed by atoms with van der Waals surface area (Å²) in [6.45, 7) is 4.56. The van der Waals surface area contributed by atoms with Gasteiger partial charge in [-0.05, 0) is 69.7 Å². The first-order valence-corrected chi connectivity index (χ1v) is 10.8. The number of nitrogens with zero attached hydrogens (tertiary/aromatic N) is 3. The molecule has 0 saturated carbocycles. The maximum absolute atomic E-state index is 13.5. The molecule has 0 aliphatic carbocycles. The smallest absolute Gasteiger partial charge is 0.278 e. The number of carbonyl (C=O) groups excluding carboxylic acids is 2. The van der Waals surface area contributed by atoms with Crippen LogP contribution in [-0.2, 0) is 16.1 Å². The van der Waals surface area contributed by atoms with Crippen LogP contribution in [0.1, 0.15) is 31.1 Å². The second-order valence-electron chi connectivity index (χ2n) is 8.10. The highest BCUT2D eigenvalue weighted by atomic mass is 16.5. The lowest BCUT2D eigenvalue weighted by molar-refractivity contribution is -0.138. The van der Waals surface area contributed by atoms with Crippen LogP contribution in [0.3, 0.4) is 0 Å².